The highest BCUT2D eigenvalue weighted by molar-refractivity contribution is 7.99. The van der Waals surface area contributed by atoms with Crippen LogP contribution >= 0.6 is 11.8 Å². The molecule has 0 amide bonds. The van der Waals surface area contributed by atoms with Gasteiger partial charge in [-0.3, -0.25) is 9.10 Å². The van der Waals surface area contributed by atoms with Crippen LogP contribution in [0.1, 0.15) is 52.0 Å². The molecule has 1 fully saturated rings. The Morgan fingerprint density at radius 3 is 2.42 bits per heavy atom. The number of benzene rings is 1. The molecule has 0 bridgehead atoms. The second kappa shape index (κ2) is 8.98. The number of hydrogen-bond acceptors (Lipinski definition) is 6. The molecule has 8 nitrogen and oxygen atoms in total. The number of rotatable bonds is 9. The first kappa shape index (κ1) is 23.6. The topological polar surface area (TPSA) is 90.1 Å². The van der Waals surface area contributed by atoms with E-state index < -0.39 is 10.0 Å². The summed E-state index contributed by atoms with van der Waals surface area (Å²) in [7, 11) is -1.73. The highest BCUT2D eigenvalue weighted by Gasteiger charge is 2.28. The minimum atomic E-state index is -3.52. The van der Waals surface area contributed by atoms with Crippen molar-refractivity contribution in [1.29, 1.82) is 0 Å². The van der Waals surface area contributed by atoms with Crippen LogP contribution in [0.15, 0.2) is 35.5 Å². The molecule has 0 radical (unpaired) electrons. The minimum Gasteiger partial charge on any atom is -0.345 e. The summed E-state index contributed by atoms with van der Waals surface area (Å²) in [5.74, 6) is 0.805. The summed E-state index contributed by atoms with van der Waals surface area (Å²) in [6.45, 7) is 6.06. The molecule has 3 aromatic rings. The van der Waals surface area contributed by atoms with Crippen LogP contribution in [0.4, 0.5) is 5.69 Å². The minimum absolute atomic E-state index is 0.0574. The van der Waals surface area contributed by atoms with Gasteiger partial charge in [-0.2, -0.15) is 0 Å². The lowest BCUT2D eigenvalue weighted by Gasteiger charge is -2.22. The molecule has 0 unspecified atom stereocenters. The molecule has 33 heavy (non-hydrogen) atoms. The van der Waals surface area contributed by atoms with Crippen LogP contribution in [0.3, 0.4) is 0 Å². The van der Waals surface area contributed by atoms with Gasteiger partial charge in [0, 0.05) is 30.0 Å². The molecule has 0 N–H and O–H groups in total. The van der Waals surface area contributed by atoms with E-state index in [-0.39, 0.29) is 18.1 Å². The average Bonchev–Trinajstić information content (AvgIpc) is 3.45. The Kier molecular flexibility index (Phi) is 6.41. The molecule has 2 aromatic heterocycles. The van der Waals surface area contributed by atoms with Crippen LogP contribution in [0, 0.1) is 20.8 Å². The Morgan fingerprint density at radius 2 is 1.82 bits per heavy atom. The first-order valence-electron chi connectivity index (χ1n) is 10.8. The quantitative estimate of drug-likeness (QED) is 0.337. The molecule has 0 spiro atoms. The van der Waals surface area contributed by atoms with Crippen molar-refractivity contribution in [3.8, 4) is 0 Å². The number of Topliss-reactive ketones (excluding diaryl/α,β-unsaturated/α-hetero) is 1. The Labute approximate surface area is 199 Å². The fourth-order valence-corrected chi connectivity index (χ4v) is 5.68. The van der Waals surface area contributed by atoms with E-state index in [1.807, 2.05) is 39.0 Å². The first-order chi connectivity index (χ1) is 15.6. The number of carbonyl (C=O) groups is 1. The third-order valence-electron chi connectivity index (χ3n) is 5.96. The summed E-state index contributed by atoms with van der Waals surface area (Å²) in [5, 5.41) is 8.98. The van der Waals surface area contributed by atoms with E-state index >= 15 is 0 Å². The summed E-state index contributed by atoms with van der Waals surface area (Å²) in [4.78, 5) is 12.9. The zero-order valence-electron chi connectivity index (χ0n) is 19.6. The van der Waals surface area contributed by atoms with E-state index in [2.05, 4.69) is 14.8 Å². The molecule has 0 saturated heterocycles. The lowest BCUT2D eigenvalue weighted by Crippen LogP contribution is -2.30. The van der Waals surface area contributed by atoms with Gasteiger partial charge >= 0.3 is 0 Å². The Morgan fingerprint density at radius 1 is 1.15 bits per heavy atom. The molecule has 2 heterocycles. The number of aryl methyl sites for hydroxylation is 2. The summed E-state index contributed by atoms with van der Waals surface area (Å²) >= 11 is 1.31. The van der Waals surface area contributed by atoms with E-state index in [1.54, 1.807) is 23.7 Å². The Bertz CT molecular complexity index is 1290. The Balaban J connectivity index is 1.48. The number of anilines is 1. The zero-order chi connectivity index (χ0) is 23.9. The molecule has 10 heteroatoms. The SMILES string of the molecule is Cc1ccc(N(Cc2nnc(SCC(=O)c3cc(C)n(C4CC4)c3C)n2C)S(C)(=O)=O)cc1. The van der Waals surface area contributed by atoms with E-state index in [0.29, 0.717) is 22.7 Å². The van der Waals surface area contributed by atoms with Crippen molar-refractivity contribution in [3.05, 3.63) is 58.7 Å². The average molecular weight is 488 g/mol. The van der Waals surface area contributed by atoms with Crippen molar-refractivity contribution in [2.75, 3.05) is 16.3 Å². The zero-order valence-corrected chi connectivity index (χ0v) is 21.2. The smallest absolute Gasteiger partial charge is 0.232 e. The fraction of sp³-hybridized carbons (Fsp3) is 0.435. The third-order valence-corrected chi connectivity index (χ3v) is 8.12. The van der Waals surface area contributed by atoms with Crippen LogP contribution < -0.4 is 4.31 Å². The predicted molar refractivity (Wildman–Crippen MR) is 130 cm³/mol. The molecule has 0 aliphatic heterocycles. The van der Waals surface area contributed by atoms with E-state index in [4.69, 9.17) is 0 Å². The fourth-order valence-electron chi connectivity index (χ4n) is 4.01. The van der Waals surface area contributed by atoms with Gasteiger partial charge in [-0.25, -0.2) is 8.42 Å². The van der Waals surface area contributed by atoms with Crippen LogP contribution in [-0.4, -0.2) is 45.5 Å². The lowest BCUT2D eigenvalue weighted by molar-refractivity contribution is 0.102. The maximum atomic E-state index is 12.9. The number of carbonyl (C=O) groups excluding carboxylic acids is 1. The second-order valence-electron chi connectivity index (χ2n) is 8.66. The Hall–Kier alpha value is -2.59. The van der Waals surface area contributed by atoms with Crippen LogP contribution in [0.5, 0.6) is 0 Å². The lowest BCUT2D eigenvalue weighted by atomic mass is 10.2. The molecule has 1 saturated carbocycles. The van der Waals surface area contributed by atoms with Gasteiger partial charge in [0.1, 0.15) is 0 Å². The summed E-state index contributed by atoms with van der Waals surface area (Å²) in [6, 6.07) is 9.81. The number of aromatic nitrogens is 4. The van der Waals surface area contributed by atoms with Gasteiger partial charge in [-0.1, -0.05) is 29.5 Å². The summed E-state index contributed by atoms with van der Waals surface area (Å²) in [6.07, 6.45) is 3.52. The normalized spacial score (nSPS) is 14.0. The van der Waals surface area contributed by atoms with Gasteiger partial charge in [-0.15, -0.1) is 10.2 Å². The number of nitrogens with zero attached hydrogens (tertiary/aromatic N) is 5. The van der Waals surface area contributed by atoms with Gasteiger partial charge in [-0.05, 0) is 51.8 Å². The van der Waals surface area contributed by atoms with E-state index in [9.17, 15) is 13.2 Å². The highest BCUT2D eigenvalue weighted by Crippen LogP contribution is 2.38. The molecular formula is C23H29N5O3S2. The van der Waals surface area contributed by atoms with E-state index in [0.717, 1.165) is 22.5 Å². The highest BCUT2D eigenvalue weighted by atomic mass is 32.2. The molecule has 4 rings (SSSR count). The number of ketones is 1. The van der Waals surface area contributed by atoms with Gasteiger partial charge in [0.2, 0.25) is 10.0 Å². The van der Waals surface area contributed by atoms with Crippen molar-refractivity contribution in [2.45, 2.75) is 51.4 Å². The number of hydrogen-bond donors (Lipinski definition) is 0. The molecule has 0 atom stereocenters. The van der Waals surface area contributed by atoms with Crippen molar-refractivity contribution >= 4 is 33.3 Å². The molecule has 1 aliphatic carbocycles. The van der Waals surface area contributed by atoms with Crippen molar-refractivity contribution < 1.29 is 13.2 Å². The predicted octanol–water partition coefficient (Wildman–Crippen LogP) is 3.82. The van der Waals surface area contributed by atoms with Crippen LogP contribution in [-0.2, 0) is 23.6 Å². The van der Waals surface area contributed by atoms with Crippen LogP contribution in [0.2, 0.25) is 0 Å². The third kappa shape index (κ3) is 5.01. The van der Waals surface area contributed by atoms with Gasteiger partial charge in [0.25, 0.3) is 0 Å². The van der Waals surface area contributed by atoms with Gasteiger partial charge in [0.15, 0.2) is 16.8 Å². The monoisotopic (exact) mass is 487 g/mol. The summed E-state index contributed by atoms with van der Waals surface area (Å²) in [5.41, 5.74) is 4.54. The molecule has 1 aromatic carbocycles. The first-order valence-corrected chi connectivity index (χ1v) is 13.7. The van der Waals surface area contributed by atoms with Crippen LogP contribution in [0.25, 0.3) is 0 Å². The number of sulfonamides is 1. The number of thioether (sulfide) groups is 1. The van der Waals surface area contributed by atoms with Crippen molar-refractivity contribution in [3.63, 3.8) is 0 Å². The van der Waals surface area contributed by atoms with Gasteiger partial charge < -0.3 is 9.13 Å². The maximum absolute atomic E-state index is 12.9. The van der Waals surface area contributed by atoms with Crippen molar-refractivity contribution in [2.24, 2.45) is 7.05 Å². The standard InChI is InChI=1S/C23H29N5O3S2/c1-15-6-8-18(9-7-15)27(33(5,30)31)13-22-24-25-23(26(22)4)32-14-21(29)20-12-16(2)28(17(20)3)19-10-11-19/h6-9,12,19H,10-11,13-14H2,1-5H3. The van der Waals surface area contributed by atoms with E-state index in [1.165, 1.54) is 35.2 Å². The van der Waals surface area contributed by atoms with Gasteiger partial charge in [0.05, 0.1) is 24.2 Å². The molecular weight excluding hydrogens is 458 g/mol. The molecule has 176 valence electrons. The van der Waals surface area contributed by atoms with Crippen molar-refractivity contribution in [1.82, 2.24) is 19.3 Å². The summed E-state index contributed by atoms with van der Waals surface area (Å²) < 4.78 is 30.2. The maximum Gasteiger partial charge on any atom is 0.232 e. The second-order valence-corrected chi connectivity index (χ2v) is 11.5. The molecule has 1 aliphatic rings. The largest absolute Gasteiger partial charge is 0.345 e.